The number of hydrogen-bond acceptors (Lipinski definition) is 10. The molecule has 2 atom stereocenters. The van der Waals surface area contributed by atoms with Crippen molar-refractivity contribution in [1.29, 1.82) is 0 Å². The number of nitrogens with two attached hydrogens (primary N) is 1. The maximum Gasteiger partial charge on any atom is 0.414 e. The molecule has 210 valence electrons. The summed E-state index contributed by atoms with van der Waals surface area (Å²) in [6, 6.07) is 4.08. The van der Waals surface area contributed by atoms with Crippen LogP contribution in [-0.2, 0) is 19.1 Å². The van der Waals surface area contributed by atoms with Crippen LogP contribution in [0.1, 0.15) is 19.8 Å². The van der Waals surface area contributed by atoms with E-state index in [-0.39, 0.29) is 30.4 Å². The van der Waals surface area contributed by atoms with Gasteiger partial charge in [0.25, 0.3) is 0 Å². The number of ketones is 1. The summed E-state index contributed by atoms with van der Waals surface area (Å²) < 4.78 is 25.2. The molecule has 39 heavy (non-hydrogen) atoms. The van der Waals surface area contributed by atoms with E-state index in [9.17, 15) is 18.8 Å². The number of carbonyl (C=O) groups is 3. The average Bonchev–Trinajstić information content (AvgIpc) is 3.33. The Morgan fingerprint density at radius 2 is 1.90 bits per heavy atom. The van der Waals surface area contributed by atoms with E-state index < -0.39 is 23.9 Å². The summed E-state index contributed by atoms with van der Waals surface area (Å²) in [6.45, 7) is 7.42. The molecule has 0 radical (unpaired) electrons. The van der Waals surface area contributed by atoms with Crippen molar-refractivity contribution in [3.8, 4) is 11.1 Å². The molecule has 3 fully saturated rings. The number of anilines is 2. The zero-order valence-corrected chi connectivity index (χ0v) is 21.9. The lowest BCUT2D eigenvalue weighted by atomic mass is 10.1. The van der Waals surface area contributed by atoms with Crippen LogP contribution in [0.15, 0.2) is 30.6 Å². The van der Waals surface area contributed by atoms with Crippen LogP contribution in [-0.4, -0.2) is 92.4 Å². The number of morpholine rings is 1. The molecule has 4 heterocycles. The third-order valence-electron chi connectivity index (χ3n) is 6.62. The number of carbonyl (C=O) groups excluding carboxylic acids is 3. The van der Waals surface area contributed by atoms with Crippen LogP contribution in [0.2, 0.25) is 0 Å². The topological polar surface area (TPSA) is 152 Å². The highest BCUT2D eigenvalue weighted by Gasteiger charge is 2.33. The van der Waals surface area contributed by atoms with Crippen LogP contribution >= 0.6 is 0 Å². The first-order chi connectivity index (χ1) is 18.8. The Morgan fingerprint density at radius 3 is 2.49 bits per heavy atom. The first kappa shape index (κ1) is 28.3. The van der Waals surface area contributed by atoms with Gasteiger partial charge in [0.05, 0.1) is 25.4 Å². The van der Waals surface area contributed by atoms with Crippen LogP contribution in [0, 0.1) is 5.82 Å². The number of Topliss-reactive ketones (excluding diaryl/α,β-unsaturated/α-hetero) is 1. The molecule has 5 rings (SSSR count). The molecule has 0 spiro atoms. The molecule has 0 saturated carbocycles. The van der Waals surface area contributed by atoms with Crippen LogP contribution < -0.4 is 26.2 Å². The first-order valence-electron chi connectivity index (χ1n) is 13.0. The molecule has 12 nitrogen and oxygen atoms in total. The van der Waals surface area contributed by atoms with Gasteiger partial charge in [-0.3, -0.25) is 14.5 Å². The fourth-order valence-electron chi connectivity index (χ4n) is 4.52. The van der Waals surface area contributed by atoms with Gasteiger partial charge in [0.15, 0.2) is 5.78 Å². The Bertz CT molecular complexity index is 1150. The number of nitrogens with one attached hydrogen (secondary N) is 2. The van der Waals surface area contributed by atoms with E-state index in [4.69, 9.17) is 15.2 Å². The molecule has 4 N–H and O–H groups in total. The zero-order chi connectivity index (χ0) is 27.8. The molecule has 2 amide bonds. The highest BCUT2D eigenvalue weighted by atomic mass is 19.1. The van der Waals surface area contributed by atoms with Crippen LogP contribution in [0.25, 0.3) is 11.1 Å². The van der Waals surface area contributed by atoms with Crippen molar-refractivity contribution < 1.29 is 28.2 Å². The van der Waals surface area contributed by atoms with Gasteiger partial charge in [0.1, 0.15) is 18.0 Å². The van der Waals surface area contributed by atoms with Crippen molar-refractivity contribution >= 4 is 29.4 Å². The lowest BCUT2D eigenvalue weighted by Gasteiger charge is -2.34. The van der Waals surface area contributed by atoms with Crippen LogP contribution in [0.5, 0.6) is 0 Å². The van der Waals surface area contributed by atoms with Gasteiger partial charge in [-0.1, -0.05) is 0 Å². The summed E-state index contributed by atoms with van der Waals surface area (Å²) in [5.74, 6) is -0.573. The molecular formula is C26H34FN7O5. The summed E-state index contributed by atoms with van der Waals surface area (Å²) in [5, 5.41) is 6.34. The summed E-state index contributed by atoms with van der Waals surface area (Å²) in [4.78, 5) is 46.9. The molecule has 3 aliphatic rings. The predicted molar refractivity (Wildman–Crippen MR) is 142 cm³/mol. The second kappa shape index (κ2) is 13.4. The molecule has 2 unspecified atom stereocenters. The molecular weight excluding hydrogens is 509 g/mol. The highest BCUT2D eigenvalue weighted by molar-refractivity contribution is 5.90. The molecule has 0 bridgehead atoms. The Labute approximate surface area is 226 Å². The molecule has 3 saturated heterocycles. The van der Waals surface area contributed by atoms with Crippen LogP contribution in [0.3, 0.4) is 0 Å². The number of cyclic esters (lactones) is 1. The number of aromatic nitrogens is 2. The SMILES string of the molecule is C1COCCN1.CC(=O)C1CNCCN1c1ncc(-c2ccc(N3CC(CCC(N)=O)OC3=O)cc2F)cn1. The minimum Gasteiger partial charge on any atom is -0.444 e. The lowest BCUT2D eigenvalue weighted by Crippen LogP contribution is -2.55. The molecule has 0 aliphatic carbocycles. The van der Waals surface area contributed by atoms with Crippen molar-refractivity contribution in [2.75, 3.05) is 62.3 Å². The van der Waals surface area contributed by atoms with Crippen LogP contribution in [0.4, 0.5) is 20.8 Å². The van der Waals surface area contributed by atoms with Gasteiger partial charge in [-0.2, -0.15) is 0 Å². The van der Waals surface area contributed by atoms with E-state index in [0.29, 0.717) is 43.3 Å². The second-order valence-corrected chi connectivity index (χ2v) is 9.44. The largest absolute Gasteiger partial charge is 0.444 e. The number of halogens is 1. The van der Waals surface area contributed by atoms with Crippen molar-refractivity contribution in [3.63, 3.8) is 0 Å². The molecule has 1 aromatic carbocycles. The maximum absolute atomic E-state index is 14.9. The number of primary amides is 1. The van der Waals surface area contributed by atoms with Gasteiger partial charge in [-0.25, -0.2) is 19.2 Å². The fraction of sp³-hybridized carbons (Fsp3) is 0.500. The lowest BCUT2D eigenvalue weighted by molar-refractivity contribution is -0.119. The highest BCUT2D eigenvalue weighted by Crippen LogP contribution is 2.30. The Morgan fingerprint density at radius 1 is 1.15 bits per heavy atom. The van der Waals surface area contributed by atoms with Gasteiger partial charge >= 0.3 is 6.09 Å². The first-order valence-corrected chi connectivity index (χ1v) is 13.0. The number of hydrogen-bond donors (Lipinski definition) is 3. The molecule has 3 aliphatic heterocycles. The summed E-state index contributed by atoms with van der Waals surface area (Å²) >= 11 is 0. The van der Waals surface area contributed by atoms with Gasteiger partial charge < -0.3 is 30.7 Å². The normalized spacial score (nSPS) is 21.1. The number of ether oxygens (including phenoxy) is 2. The molecule has 1 aromatic heterocycles. The van der Waals surface area contributed by atoms with Gasteiger partial charge in [0.2, 0.25) is 11.9 Å². The van der Waals surface area contributed by atoms with E-state index in [2.05, 4.69) is 20.6 Å². The van der Waals surface area contributed by atoms with E-state index in [0.717, 1.165) is 26.3 Å². The average molecular weight is 544 g/mol. The summed E-state index contributed by atoms with van der Waals surface area (Å²) in [6.07, 6.45) is 2.39. The smallest absolute Gasteiger partial charge is 0.414 e. The van der Waals surface area contributed by atoms with Crippen molar-refractivity contribution in [3.05, 3.63) is 36.4 Å². The number of nitrogens with zero attached hydrogens (tertiary/aromatic N) is 4. The minimum atomic E-state index is -0.597. The van der Waals surface area contributed by atoms with E-state index in [1.807, 2.05) is 4.90 Å². The summed E-state index contributed by atoms with van der Waals surface area (Å²) in [7, 11) is 0. The molecule has 13 heteroatoms. The molecule has 2 aromatic rings. The fourth-order valence-corrected chi connectivity index (χ4v) is 4.52. The summed E-state index contributed by atoms with van der Waals surface area (Å²) in [5.41, 5.74) is 6.25. The van der Waals surface area contributed by atoms with Gasteiger partial charge in [-0.15, -0.1) is 0 Å². The minimum absolute atomic E-state index is 0.0221. The van der Waals surface area contributed by atoms with Crippen molar-refractivity contribution in [2.24, 2.45) is 5.73 Å². The third-order valence-corrected chi connectivity index (χ3v) is 6.62. The second-order valence-electron chi connectivity index (χ2n) is 9.44. The standard InChI is InChI=1S/C22H25FN6O4.C4H9NO/c1-13(30)19-11-25-6-7-28(19)21-26-9-14(10-27-21)17-4-2-15(8-18(17)23)29-12-16(33-22(29)32)3-5-20(24)31;1-3-6-4-2-5-1/h2,4,8-10,16,19,25H,3,5-7,11-12H2,1H3,(H2,24,31);5H,1-4H2. The third kappa shape index (κ3) is 7.46. The van der Waals surface area contributed by atoms with Gasteiger partial charge in [0, 0.05) is 62.7 Å². The predicted octanol–water partition coefficient (Wildman–Crippen LogP) is 0.847. The Hall–Kier alpha value is -3.68. The van der Waals surface area contributed by atoms with E-state index in [1.54, 1.807) is 12.1 Å². The zero-order valence-electron chi connectivity index (χ0n) is 21.9. The maximum atomic E-state index is 14.9. The van der Waals surface area contributed by atoms with E-state index >= 15 is 0 Å². The number of rotatable bonds is 7. The monoisotopic (exact) mass is 543 g/mol. The van der Waals surface area contributed by atoms with Crippen molar-refractivity contribution in [2.45, 2.75) is 31.9 Å². The van der Waals surface area contributed by atoms with E-state index in [1.165, 1.54) is 30.3 Å². The Kier molecular flexibility index (Phi) is 9.74. The van der Waals surface area contributed by atoms with Gasteiger partial charge in [-0.05, 0) is 31.5 Å². The Balaban J connectivity index is 0.000000519. The quantitative estimate of drug-likeness (QED) is 0.458. The number of piperazine rings is 1. The number of benzene rings is 1. The van der Waals surface area contributed by atoms with Crippen molar-refractivity contribution in [1.82, 2.24) is 20.6 Å². The number of amides is 2.